The van der Waals surface area contributed by atoms with Crippen LogP contribution in [0.25, 0.3) is 16.3 Å². The van der Waals surface area contributed by atoms with E-state index >= 15 is 0 Å². The Kier molecular flexibility index (Phi) is 6.12. The van der Waals surface area contributed by atoms with E-state index in [2.05, 4.69) is 27.3 Å². The Bertz CT molecular complexity index is 1090. The second kappa shape index (κ2) is 9.12. The van der Waals surface area contributed by atoms with Crippen molar-refractivity contribution in [3.8, 4) is 0 Å². The molecule has 1 fully saturated rings. The van der Waals surface area contributed by atoms with Crippen molar-refractivity contribution >= 4 is 44.4 Å². The lowest BCUT2D eigenvalue weighted by atomic mass is 10.2. The van der Waals surface area contributed by atoms with Gasteiger partial charge >= 0.3 is 0 Å². The number of thiazole rings is 1. The number of nitrogens with one attached hydrogen (secondary N) is 1. The number of carbonyl (C=O) groups excluding carboxylic acids is 1. The van der Waals surface area contributed by atoms with E-state index in [1.165, 1.54) is 35.1 Å². The summed E-state index contributed by atoms with van der Waals surface area (Å²) < 4.78 is 6.41. The maximum atomic E-state index is 12.2. The van der Waals surface area contributed by atoms with Gasteiger partial charge in [-0.25, -0.2) is 4.98 Å². The standard InChI is InChI=1S/C21H20N4O4S/c26-20(8-4-15-1-5-17(6-2-15)25(27)28)23-21-22-18-7-3-16(13-19(18)30-21)14-24-9-11-29-12-10-24/h1-8,13H,9-12,14H2,(H,22,23,26)/b8-4+. The van der Waals surface area contributed by atoms with Crippen LogP contribution in [0.2, 0.25) is 0 Å². The van der Waals surface area contributed by atoms with Crippen molar-refractivity contribution < 1.29 is 14.5 Å². The molecule has 1 amide bonds. The molecule has 0 aliphatic carbocycles. The van der Waals surface area contributed by atoms with Crippen LogP contribution in [0.3, 0.4) is 0 Å². The first-order chi connectivity index (χ1) is 14.6. The smallest absolute Gasteiger partial charge is 0.269 e. The highest BCUT2D eigenvalue weighted by Gasteiger charge is 2.12. The van der Waals surface area contributed by atoms with Crippen LogP contribution in [0.5, 0.6) is 0 Å². The minimum atomic E-state index is -0.459. The van der Waals surface area contributed by atoms with Gasteiger partial charge in [0.15, 0.2) is 5.13 Å². The largest absolute Gasteiger partial charge is 0.379 e. The summed E-state index contributed by atoms with van der Waals surface area (Å²) in [6.45, 7) is 4.28. The highest BCUT2D eigenvalue weighted by atomic mass is 32.1. The normalized spacial score (nSPS) is 14.9. The van der Waals surface area contributed by atoms with Crippen LogP contribution in [0, 0.1) is 10.1 Å². The third kappa shape index (κ3) is 5.07. The van der Waals surface area contributed by atoms with Gasteiger partial charge in [0.2, 0.25) is 5.91 Å². The third-order valence-corrected chi connectivity index (χ3v) is 5.66. The van der Waals surface area contributed by atoms with E-state index in [9.17, 15) is 14.9 Å². The summed E-state index contributed by atoms with van der Waals surface area (Å²) in [7, 11) is 0. The highest BCUT2D eigenvalue weighted by Crippen LogP contribution is 2.27. The number of nitrogens with zero attached hydrogens (tertiary/aromatic N) is 3. The summed E-state index contributed by atoms with van der Waals surface area (Å²) >= 11 is 1.43. The Labute approximate surface area is 176 Å². The molecule has 154 valence electrons. The average molecular weight is 424 g/mol. The fraction of sp³-hybridized carbons (Fsp3) is 0.238. The van der Waals surface area contributed by atoms with Crippen molar-refractivity contribution in [2.45, 2.75) is 6.54 Å². The number of carbonyl (C=O) groups is 1. The lowest BCUT2D eigenvalue weighted by molar-refractivity contribution is -0.384. The summed E-state index contributed by atoms with van der Waals surface area (Å²) in [6.07, 6.45) is 2.99. The molecule has 0 bridgehead atoms. The number of non-ortho nitro benzene ring substituents is 1. The molecule has 0 radical (unpaired) electrons. The zero-order chi connectivity index (χ0) is 20.9. The molecule has 1 aromatic heterocycles. The van der Waals surface area contributed by atoms with Gasteiger partial charge in [0.1, 0.15) is 0 Å². The monoisotopic (exact) mass is 424 g/mol. The summed E-state index contributed by atoms with van der Waals surface area (Å²) in [4.78, 5) is 29.3. The number of ether oxygens (including phenoxy) is 1. The minimum Gasteiger partial charge on any atom is -0.379 e. The van der Waals surface area contributed by atoms with Gasteiger partial charge in [0, 0.05) is 37.8 Å². The first kappa shape index (κ1) is 20.1. The molecular formula is C21H20N4O4S. The number of aromatic nitrogens is 1. The van der Waals surface area contributed by atoms with Crippen LogP contribution in [0.4, 0.5) is 10.8 Å². The SMILES string of the molecule is O=C(/C=C/c1ccc([N+](=O)[O-])cc1)Nc1nc2ccc(CN3CCOCC3)cc2s1. The molecule has 1 N–H and O–H groups in total. The van der Waals surface area contributed by atoms with Crippen LogP contribution in [-0.2, 0) is 16.1 Å². The Morgan fingerprint density at radius 2 is 2.00 bits per heavy atom. The quantitative estimate of drug-likeness (QED) is 0.368. The van der Waals surface area contributed by atoms with Gasteiger partial charge in [-0.15, -0.1) is 0 Å². The second-order valence-electron chi connectivity index (χ2n) is 6.88. The van der Waals surface area contributed by atoms with Crippen LogP contribution in [0.1, 0.15) is 11.1 Å². The van der Waals surface area contributed by atoms with E-state index in [1.807, 2.05) is 6.07 Å². The first-order valence-electron chi connectivity index (χ1n) is 9.50. The molecule has 30 heavy (non-hydrogen) atoms. The molecule has 1 aliphatic rings. The number of fused-ring (bicyclic) bond motifs is 1. The van der Waals surface area contributed by atoms with E-state index in [0.717, 1.165) is 43.1 Å². The molecule has 1 saturated heterocycles. The Balaban J connectivity index is 1.39. The maximum absolute atomic E-state index is 12.2. The van der Waals surface area contributed by atoms with Crippen LogP contribution in [0.15, 0.2) is 48.5 Å². The third-order valence-electron chi connectivity index (χ3n) is 4.72. The Morgan fingerprint density at radius 3 is 2.73 bits per heavy atom. The predicted octanol–water partition coefficient (Wildman–Crippen LogP) is 3.69. The average Bonchev–Trinajstić information content (AvgIpc) is 3.14. The van der Waals surface area contributed by atoms with Crippen LogP contribution < -0.4 is 5.32 Å². The van der Waals surface area contributed by atoms with E-state index in [4.69, 9.17) is 4.74 Å². The van der Waals surface area contributed by atoms with Gasteiger partial charge in [0.25, 0.3) is 5.69 Å². The number of benzene rings is 2. The number of rotatable bonds is 6. The van der Waals surface area contributed by atoms with Gasteiger partial charge in [-0.3, -0.25) is 25.1 Å². The molecule has 0 spiro atoms. The molecule has 2 heterocycles. The molecule has 0 saturated carbocycles. The van der Waals surface area contributed by atoms with E-state index in [-0.39, 0.29) is 11.6 Å². The van der Waals surface area contributed by atoms with Crippen molar-refractivity contribution in [3.05, 3.63) is 69.8 Å². The fourth-order valence-electron chi connectivity index (χ4n) is 3.16. The number of nitro groups is 1. The molecule has 2 aromatic carbocycles. The second-order valence-corrected chi connectivity index (χ2v) is 7.91. The molecule has 3 aromatic rings. The lowest BCUT2D eigenvalue weighted by Gasteiger charge is -2.26. The molecule has 0 atom stereocenters. The molecule has 1 aliphatic heterocycles. The molecular weight excluding hydrogens is 404 g/mol. The van der Waals surface area contributed by atoms with Crippen LogP contribution in [-0.4, -0.2) is 47.0 Å². The van der Waals surface area contributed by atoms with Crippen molar-refractivity contribution in [2.75, 3.05) is 31.6 Å². The fourth-order valence-corrected chi connectivity index (χ4v) is 4.10. The number of hydrogen-bond acceptors (Lipinski definition) is 7. The molecule has 0 unspecified atom stereocenters. The topological polar surface area (TPSA) is 97.6 Å². The summed E-state index contributed by atoms with van der Waals surface area (Å²) in [5.74, 6) is -0.305. The summed E-state index contributed by atoms with van der Waals surface area (Å²) in [6, 6.07) is 12.1. The number of nitro benzene ring substituents is 1. The van der Waals surface area contributed by atoms with Gasteiger partial charge in [-0.05, 0) is 41.5 Å². The summed E-state index contributed by atoms with van der Waals surface area (Å²) in [5.41, 5.74) is 2.77. The van der Waals surface area contributed by atoms with Gasteiger partial charge in [-0.1, -0.05) is 17.4 Å². The van der Waals surface area contributed by atoms with E-state index in [0.29, 0.717) is 10.7 Å². The van der Waals surface area contributed by atoms with Gasteiger partial charge in [0.05, 0.1) is 28.4 Å². The highest BCUT2D eigenvalue weighted by molar-refractivity contribution is 7.22. The number of amides is 1. The zero-order valence-electron chi connectivity index (χ0n) is 16.1. The molecule has 4 rings (SSSR count). The number of hydrogen-bond donors (Lipinski definition) is 1. The maximum Gasteiger partial charge on any atom is 0.269 e. The minimum absolute atomic E-state index is 0.0130. The van der Waals surface area contributed by atoms with Crippen molar-refractivity contribution in [2.24, 2.45) is 0 Å². The van der Waals surface area contributed by atoms with Gasteiger partial charge in [-0.2, -0.15) is 0 Å². The predicted molar refractivity (Wildman–Crippen MR) is 116 cm³/mol. The van der Waals surface area contributed by atoms with Gasteiger partial charge < -0.3 is 4.74 Å². The van der Waals surface area contributed by atoms with E-state index in [1.54, 1.807) is 18.2 Å². The number of morpholine rings is 1. The summed E-state index contributed by atoms with van der Waals surface area (Å²) in [5, 5.41) is 14.0. The zero-order valence-corrected chi connectivity index (χ0v) is 16.9. The van der Waals surface area contributed by atoms with Crippen LogP contribution >= 0.6 is 11.3 Å². The van der Waals surface area contributed by atoms with Crippen molar-refractivity contribution in [3.63, 3.8) is 0 Å². The Morgan fingerprint density at radius 1 is 1.23 bits per heavy atom. The molecule has 9 heteroatoms. The Hall–Kier alpha value is -3.14. The lowest BCUT2D eigenvalue weighted by Crippen LogP contribution is -2.35. The molecule has 8 nitrogen and oxygen atoms in total. The van der Waals surface area contributed by atoms with E-state index < -0.39 is 4.92 Å². The van der Waals surface area contributed by atoms with Crippen molar-refractivity contribution in [1.29, 1.82) is 0 Å². The number of anilines is 1. The first-order valence-corrected chi connectivity index (χ1v) is 10.3. The van der Waals surface area contributed by atoms with Crippen molar-refractivity contribution in [1.82, 2.24) is 9.88 Å².